The van der Waals surface area contributed by atoms with Crippen LogP contribution >= 0.6 is 0 Å². The fourth-order valence-electron chi connectivity index (χ4n) is 2.11. The number of aryl methyl sites for hydroxylation is 1. The Labute approximate surface area is 101 Å². The van der Waals surface area contributed by atoms with Crippen molar-refractivity contribution in [3.63, 3.8) is 0 Å². The summed E-state index contributed by atoms with van der Waals surface area (Å²) in [5.41, 5.74) is 2.63. The summed E-state index contributed by atoms with van der Waals surface area (Å²) in [7, 11) is 0. The number of amides is 1. The van der Waals surface area contributed by atoms with E-state index in [9.17, 15) is 9.59 Å². The Morgan fingerprint density at radius 2 is 2.24 bits per heavy atom. The molecule has 1 atom stereocenters. The van der Waals surface area contributed by atoms with E-state index in [1.54, 1.807) is 6.07 Å². The summed E-state index contributed by atoms with van der Waals surface area (Å²) in [4.78, 5) is 24.4. The maximum Gasteiger partial charge on any atom is 0.242 e. The Kier molecular flexibility index (Phi) is 3.13. The van der Waals surface area contributed by atoms with E-state index >= 15 is 0 Å². The molecule has 17 heavy (non-hydrogen) atoms. The third-order valence-corrected chi connectivity index (χ3v) is 3.21. The first kappa shape index (κ1) is 11.6. The lowest BCUT2D eigenvalue weighted by Gasteiger charge is -2.35. The number of anilines is 1. The van der Waals surface area contributed by atoms with Crippen LogP contribution in [0.25, 0.3) is 0 Å². The van der Waals surface area contributed by atoms with Crippen molar-refractivity contribution in [3.05, 3.63) is 29.3 Å². The van der Waals surface area contributed by atoms with Crippen LogP contribution in [0.1, 0.15) is 22.8 Å². The van der Waals surface area contributed by atoms with Gasteiger partial charge in [-0.15, -0.1) is 0 Å². The Balaban J connectivity index is 2.30. The largest absolute Gasteiger partial charge is 0.358 e. The summed E-state index contributed by atoms with van der Waals surface area (Å²) in [5.74, 6) is 0.0494. The lowest BCUT2D eigenvalue weighted by Crippen LogP contribution is -2.54. The minimum absolute atomic E-state index is 0.0494. The summed E-state index contributed by atoms with van der Waals surface area (Å²) < 4.78 is 0. The van der Waals surface area contributed by atoms with Crippen LogP contribution < -0.4 is 10.2 Å². The summed E-state index contributed by atoms with van der Waals surface area (Å²) in [5, 5.41) is 2.83. The average molecular weight is 232 g/mol. The first-order valence-corrected chi connectivity index (χ1v) is 5.73. The van der Waals surface area contributed by atoms with E-state index in [1.807, 2.05) is 26.0 Å². The molecular formula is C13H16N2O2. The molecule has 0 spiro atoms. The Morgan fingerprint density at radius 3 is 2.88 bits per heavy atom. The van der Waals surface area contributed by atoms with Crippen molar-refractivity contribution >= 4 is 17.9 Å². The molecular weight excluding hydrogens is 216 g/mol. The number of hydrogen-bond donors (Lipinski definition) is 1. The zero-order chi connectivity index (χ0) is 12.4. The van der Waals surface area contributed by atoms with Gasteiger partial charge in [-0.25, -0.2) is 0 Å². The molecule has 1 aliphatic rings. The third-order valence-electron chi connectivity index (χ3n) is 3.21. The molecule has 1 aromatic carbocycles. The molecule has 0 radical (unpaired) electrons. The number of nitrogens with zero attached hydrogens (tertiary/aromatic N) is 1. The van der Waals surface area contributed by atoms with Crippen molar-refractivity contribution in [1.29, 1.82) is 0 Å². The molecule has 90 valence electrons. The smallest absolute Gasteiger partial charge is 0.242 e. The zero-order valence-electron chi connectivity index (χ0n) is 10.1. The summed E-state index contributed by atoms with van der Waals surface area (Å²) in [6.07, 6.45) is 0.853. The van der Waals surface area contributed by atoms with Crippen LogP contribution in [0, 0.1) is 6.92 Å². The van der Waals surface area contributed by atoms with Crippen molar-refractivity contribution in [3.8, 4) is 0 Å². The molecule has 1 amide bonds. The predicted octanol–water partition coefficient (Wildman–Crippen LogP) is 1.13. The molecule has 1 heterocycles. The van der Waals surface area contributed by atoms with Gasteiger partial charge in [-0.3, -0.25) is 9.59 Å². The normalized spacial score (nSPS) is 20.0. The third kappa shape index (κ3) is 2.16. The van der Waals surface area contributed by atoms with Crippen molar-refractivity contribution in [1.82, 2.24) is 5.32 Å². The van der Waals surface area contributed by atoms with Gasteiger partial charge >= 0.3 is 0 Å². The van der Waals surface area contributed by atoms with Gasteiger partial charge in [-0.1, -0.05) is 0 Å². The van der Waals surface area contributed by atoms with Gasteiger partial charge in [0.1, 0.15) is 12.3 Å². The van der Waals surface area contributed by atoms with Gasteiger partial charge < -0.3 is 10.2 Å². The number of carbonyl (C=O) groups excluding carboxylic acids is 2. The Hall–Kier alpha value is -1.84. The van der Waals surface area contributed by atoms with E-state index in [1.165, 1.54) is 0 Å². The lowest BCUT2D eigenvalue weighted by molar-refractivity contribution is -0.122. The van der Waals surface area contributed by atoms with Crippen LogP contribution in [-0.4, -0.2) is 31.3 Å². The topological polar surface area (TPSA) is 49.4 Å². The van der Waals surface area contributed by atoms with Crippen molar-refractivity contribution in [2.24, 2.45) is 0 Å². The number of nitrogens with one attached hydrogen (secondary N) is 1. The van der Waals surface area contributed by atoms with Crippen LogP contribution in [-0.2, 0) is 4.79 Å². The first-order valence-electron chi connectivity index (χ1n) is 5.73. The highest BCUT2D eigenvalue weighted by atomic mass is 16.2. The maximum atomic E-state index is 11.6. The molecule has 1 unspecified atom stereocenters. The number of aldehydes is 1. The molecule has 0 saturated carbocycles. The maximum absolute atomic E-state index is 11.6. The van der Waals surface area contributed by atoms with Crippen molar-refractivity contribution in [2.45, 2.75) is 19.9 Å². The number of hydrogen-bond acceptors (Lipinski definition) is 3. The van der Waals surface area contributed by atoms with Gasteiger partial charge in [0.15, 0.2) is 0 Å². The zero-order valence-corrected chi connectivity index (χ0v) is 10.1. The second-order valence-corrected chi connectivity index (χ2v) is 4.32. The monoisotopic (exact) mass is 232 g/mol. The Morgan fingerprint density at radius 1 is 1.47 bits per heavy atom. The van der Waals surface area contributed by atoms with Gasteiger partial charge in [0, 0.05) is 24.3 Å². The second kappa shape index (κ2) is 4.57. The number of benzene rings is 1. The van der Waals surface area contributed by atoms with Crippen molar-refractivity contribution in [2.75, 3.05) is 18.0 Å². The molecule has 1 aliphatic heterocycles. The molecule has 2 rings (SSSR count). The van der Waals surface area contributed by atoms with E-state index in [0.29, 0.717) is 12.1 Å². The molecule has 1 aromatic rings. The predicted molar refractivity (Wildman–Crippen MR) is 66.4 cm³/mol. The van der Waals surface area contributed by atoms with Crippen LogP contribution in [0.2, 0.25) is 0 Å². The van der Waals surface area contributed by atoms with Gasteiger partial charge in [0.05, 0.1) is 0 Å². The van der Waals surface area contributed by atoms with E-state index in [0.717, 1.165) is 24.1 Å². The van der Waals surface area contributed by atoms with Gasteiger partial charge in [0.2, 0.25) is 5.91 Å². The van der Waals surface area contributed by atoms with Crippen LogP contribution in [0.3, 0.4) is 0 Å². The van der Waals surface area contributed by atoms with E-state index in [4.69, 9.17) is 0 Å². The Bertz CT molecular complexity index is 457. The number of piperazine rings is 1. The molecule has 1 N–H and O–H groups in total. The highest BCUT2D eigenvalue weighted by Gasteiger charge is 2.25. The highest BCUT2D eigenvalue weighted by molar-refractivity contribution is 5.86. The van der Waals surface area contributed by atoms with Crippen LogP contribution in [0.15, 0.2) is 18.2 Å². The standard InChI is InChI=1S/C13H16N2O2/c1-9-7-12(4-3-11(9)8-16)15-6-5-14-13(17)10(15)2/h3-4,7-8,10H,5-6H2,1-2H3,(H,14,17). The van der Waals surface area contributed by atoms with E-state index in [-0.39, 0.29) is 11.9 Å². The van der Waals surface area contributed by atoms with Crippen molar-refractivity contribution < 1.29 is 9.59 Å². The number of rotatable bonds is 2. The second-order valence-electron chi connectivity index (χ2n) is 4.32. The quantitative estimate of drug-likeness (QED) is 0.778. The molecule has 1 fully saturated rings. The van der Waals surface area contributed by atoms with Gasteiger partial charge in [0.25, 0.3) is 0 Å². The fourth-order valence-corrected chi connectivity index (χ4v) is 2.11. The van der Waals surface area contributed by atoms with E-state index < -0.39 is 0 Å². The molecule has 0 aliphatic carbocycles. The first-order chi connectivity index (χ1) is 8.13. The number of carbonyl (C=O) groups is 2. The molecule has 0 aromatic heterocycles. The van der Waals surface area contributed by atoms with Crippen LogP contribution in [0.5, 0.6) is 0 Å². The van der Waals surface area contributed by atoms with Gasteiger partial charge in [-0.2, -0.15) is 0 Å². The fraction of sp³-hybridized carbons (Fsp3) is 0.385. The van der Waals surface area contributed by atoms with Gasteiger partial charge in [-0.05, 0) is 37.6 Å². The highest BCUT2D eigenvalue weighted by Crippen LogP contribution is 2.21. The minimum Gasteiger partial charge on any atom is -0.358 e. The van der Waals surface area contributed by atoms with Crippen LogP contribution in [0.4, 0.5) is 5.69 Å². The summed E-state index contributed by atoms with van der Waals surface area (Å²) in [6.45, 7) is 5.25. The summed E-state index contributed by atoms with van der Waals surface area (Å²) >= 11 is 0. The average Bonchev–Trinajstić information content (AvgIpc) is 2.32. The SMILES string of the molecule is Cc1cc(N2CCNC(=O)C2C)ccc1C=O. The summed E-state index contributed by atoms with van der Waals surface area (Å²) in [6, 6.07) is 5.49. The molecule has 4 nitrogen and oxygen atoms in total. The molecule has 4 heteroatoms. The molecule has 0 bridgehead atoms. The molecule has 1 saturated heterocycles. The van der Waals surface area contributed by atoms with E-state index in [2.05, 4.69) is 10.2 Å². The lowest BCUT2D eigenvalue weighted by atomic mass is 10.1. The minimum atomic E-state index is -0.162.